The van der Waals surface area contributed by atoms with E-state index in [0.29, 0.717) is 11.3 Å². The molecular formula is C18H24O. The molecule has 3 atom stereocenters. The molecule has 1 aromatic rings. The van der Waals surface area contributed by atoms with Crippen LogP contribution < -0.4 is 0 Å². The predicted octanol–water partition coefficient (Wildman–Crippen LogP) is 4.26. The Morgan fingerprint density at radius 2 is 1.89 bits per heavy atom. The van der Waals surface area contributed by atoms with Gasteiger partial charge in [-0.3, -0.25) is 0 Å². The molecule has 2 fully saturated rings. The minimum Gasteiger partial charge on any atom is -0.303 e. The number of carbonyl (C=O) groups is 1. The topological polar surface area (TPSA) is 17.1 Å². The van der Waals surface area contributed by atoms with Crippen molar-refractivity contribution in [2.24, 2.45) is 22.2 Å². The molecule has 3 rings (SSSR count). The molecule has 2 bridgehead atoms. The van der Waals surface area contributed by atoms with Crippen molar-refractivity contribution in [2.45, 2.75) is 46.5 Å². The lowest BCUT2D eigenvalue weighted by molar-refractivity contribution is -0.125. The van der Waals surface area contributed by atoms with Crippen molar-refractivity contribution in [1.29, 1.82) is 0 Å². The van der Waals surface area contributed by atoms with Crippen molar-refractivity contribution < 1.29 is 4.79 Å². The quantitative estimate of drug-likeness (QED) is 0.738. The van der Waals surface area contributed by atoms with Crippen LogP contribution in [0.4, 0.5) is 0 Å². The van der Waals surface area contributed by atoms with Crippen LogP contribution >= 0.6 is 0 Å². The average molecular weight is 256 g/mol. The molecule has 0 aromatic heterocycles. The Bertz CT molecular complexity index is 490. The lowest BCUT2D eigenvalue weighted by Crippen LogP contribution is -2.44. The molecule has 0 heterocycles. The summed E-state index contributed by atoms with van der Waals surface area (Å²) in [6.07, 6.45) is 5.79. The lowest BCUT2D eigenvalue weighted by Gasteiger charge is -2.45. The number of hydrogen-bond acceptors (Lipinski definition) is 1. The van der Waals surface area contributed by atoms with Gasteiger partial charge in [0.25, 0.3) is 0 Å². The maximum Gasteiger partial charge on any atom is 0.127 e. The first-order valence-electron chi connectivity index (χ1n) is 7.45. The van der Waals surface area contributed by atoms with Crippen LogP contribution in [0.5, 0.6) is 0 Å². The fraction of sp³-hybridized carbons (Fsp3) is 0.611. The van der Waals surface area contributed by atoms with Gasteiger partial charge >= 0.3 is 0 Å². The molecule has 0 N–H and O–H groups in total. The van der Waals surface area contributed by atoms with Crippen molar-refractivity contribution in [3.63, 3.8) is 0 Å². The molecule has 102 valence electrons. The van der Waals surface area contributed by atoms with Crippen molar-refractivity contribution in [2.75, 3.05) is 0 Å². The first-order chi connectivity index (χ1) is 8.95. The van der Waals surface area contributed by atoms with Crippen LogP contribution in [-0.4, -0.2) is 6.29 Å². The van der Waals surface area contributed by atoms with E-state index in [1.807, 2.05) is 6.07 Å². The Morgan fingerprint density at radius 1 is 1.21 bits per heavy atom. The van der Waals surface area contributed by atoms with E-state index in [0.717, 1.165) is 12.8 Å². The third kappa shape index (κ3) is 1.50. The van der Waals surface area contributed by atoms with Crippen LogP contribution in [-0.2, 0) is 11.2 Å². The molecule has 0 saturated heterocycles. The minimum absolute atomic E-state index is 0.152. The molecule has 2 aliphatic rings. The fourth-order valence-corrected chi connectivity index (χ4v) is 4.96. The highest BCUT2D eigenvalue weighted by Gasteiger charge is 2.68. The highest BCUT2D eigenvalue weighted by atomic mass is 16.1. The largest absolute Gasteiger partial charge is 0.303 e. The summed E-state index contributed by atoms with van der Waals surface area (Å²) in [6.45, 7) is 7.11. The van der Waals surface area contributed by atoms with E-state index in [4.69, 9.17) is 0 Å². The van der Waals surface area contributed by atoms with Gasteiger partial charge in [-0.05, 0) is 48.0 Å². The Labute approximate surface area is 116 Å². The van der Waals surface area contributed by atoms with Crippen LogP contribution in [0.25, 0.3) is 0 Å². The van der Waals surface area contributed by atoms with Gasteiger partial charge in [0.2, 0.25) is 0 Å². The van der Waals surface area contributed by atoms with E-state index in [-0.39, 0.29) is 10.8 Å². The van der Waals surface area contributed by atoms with Gasteiger partial charge in [0.05, 0.1) is 0 Å². The van der Waals surface area contributed by atoms with Crippen molar-refractivity contribution in [1.82, 2.24) is 0 Å². The highest BCUT2D eigenvalue weighted by Crippen LogP contribution is 2.73. The van der Waals surface area contributed by atoms with Crippen molar-refractivity contribution in [3.05, 3.63) is 35.9 Å². The normalized spacial score (nSPS) is 39.4. The second-order valence-corrected chi connectivity index (χ2v) is 7.43. The summed E-state index contributed by atoms with van der Waals surface area (Å²) in [5.74, 6) is 0.714. The predicted molar refractivity (Wildman–Crippen MR) is 77.9 cm³/mol. The Balaban J connectivity index is 2.00. The summed E-state index contributed by atoms with van der Waals surface area (Å²) in [6, 6.07) is 10.5. The number of fused-ring (bicyclic) bond motifs is 2. The summed E-state index contributed by atoms with van der Waals surface area (Å²) >= 11 is 0. The molecule has 1 aromatic carbocycles. The Morgan fingerprint density at radius 3 is 2.37 bits per heavy atom. The Hall–Kier alpha value is -1.11. The van der Waals surface area contributed by atoms with E-state index in [1.54, 1.807) is 0 Å². The van der Waals surface area contributed by atoms with Gasteiger partial charge in [0, 0.05) is 5.41 Å². The number of benzene rings is 1. The second-order valence-electron chi connectivity index (χ2n) is 7.43. The zero-order valence-electron chi connectivity index (χ0n) is 12.3. The molecule has 3 unspecified atom stereocenters. The van der Waals surface area contributed by atoms with Crippen LogP contribution in [0.15, 0.2) is 30.3 Å². The lowest BCUT2D eigenvalue weighted by atomic mass is 9.57. The summed E-state index contributed by atoms with van der Waals surface area (Å²) in [4.78, 5) is 12.0. The first-order valence-corrected chi connectivity index (χ1v) is 7.45. The maximum absolute atomic E-state index is 12.0. The number of aldehydes is 1. The molecule has 2 saturated carbocycles. The second kappa shape index (κ2) is 3.94. The van der Waals surface area contributed by atoms with Gasteiger partial charge in [-0.25, -0.2) is 0 Å². The zero-order chi connectivity index (χ0) is 13.7. The summed E-state index contributed by atoms with van der Waals surface area (Å²) in [7, 11) is 0. The molecule has 0 amide bonds. The van der Waals surface area contributed by atoms with E-state index in [2.05, 4.69) is 45.0 Å². The molecule has 1 heteroatoms. The van der Waals surface area contributed by atoms with Crippen molar-refractivity contribution >= 4 is 6.29 Å². The molecule has 2 aliphatic carbocycles. The van der Waals surface area contributed by atoms with Crippen LogP contribution in [0.1, 0.15) is 45.6 Å². The monoisotopic (exact) mass is 256 g/mol. The van der Waals surface area contributed by atoms with Gasteiger partial charge in [0.15, 0.2) is 0 Å². The van der Waals surface area contributed by atoms with Gasteiger partial charge in [-0.15, -0.1) is 0 Å². The first kappa shape index (κ1) is 12.9. The van der Waals surface area contributed by atoms with Gasteiger partial charge in [-0.1, -0.05) is 51.1 Å². The average Bonchev–Trinajstić information content (AvgIpc) is 2.72. The minimum atomic E-state index is -0.152. The van der Waals surface area contributed by atoms with E-state index in [9.17, 15) is 4.79 Å². The van der Waals surface area contributed by atoms with E-state index >= 15 is 0 Å². The highest BCUT2D eigenvalue weighted by molar-refractivity contribution is 5.64. The van der Waals surface area contributed by atoms with Crippen LogP contribution in [0.2, 0.25) is 0 Å². The third-order valence-corrected chi connectivity index (χ3v) is 6.73. The molecular weight excluding hydrogens is 232 g/mol. The molecule has 0 radical (unpaired) electrons. The summed E-state index contributed by atoms with van der Waals surface area (Å²) < 4.78 is 0. The number of rotatable bonds is 3. The third-order valence-electron chi connectivity index (χ3n) is 6.73. The molecule has 0 spiro atoms. The van der Waals surface area contributed by atoms with E-state index in [1.165, 1.54) is 24.7 Å². The van der Waals surface area contributed by atoms with Crippen LogP contribution in [0, 0.1) is 22.2 Å². The molecule has 1 nitrogen and oxygen atoms in total. The Kier molecular flexibility index (Phi) is 2.68. The standard InChI is InChI=1S/C18H24O/c1-16(2)15-9-10-17(16,3)18(12-15,13-19)11-14-7-5-4-6-8-14/h4-8,13,15H,9-12H2,1-3H3. The SMILES string of the molecule is CC1(C)C2CCC1(C)C(C=O)(Cc1ccccc1)C2. The van der Waals surface area contributed by atoms with Gasteiger partial charge in [-0.2, -0.15) is 0 Å². The summed E-state index contributed by atoms with van der Waals surface area (Å²) in [5, 5.41) is 0. The van der Waals surface area contributed by atoms with Crippen molar-refractivity contribution in [3.8, 4) is 0 Å². The maximum atomic E-state index is 12.0. The zero-order valence-corrected chi connectivity index (χ0v) is 12.3. The summed E-state index contributed by atoms with van der Waals surface area (Å²) in [5.41, 5.74) is 1.60. The number of hydrogen-bond donors (Lipinski definition) is 0. The molecule has 19 heavy (non-hydrogen) atoms. The number of carbonyl (C=O) groups excluding carboxylic acids is 1. The fourth-order valence-electron chi connectivity index (χ4n) is 4.96. The van der Waals surface area contributed by atoms with Gasteiger partial charge < -0.3 is 4.79 Å². The van der Waals surface area contributed by atoms with Gasteiger partial charge in [0.1, 0.15) is 6.29 Å². The van der Waals surface area contributed by atoms with Crippen LogP contribution in [0.3, 0.4) is 0 Å². The van der Waals surface area contributed by atoms with E-state index < -0.39 is 0 Å². The molecule has 0 aliphatic heterocycles. The smallest absolute Gasteiger partial charge is 0.127 e.